The van der Waals surface area contributed by atoms with Gasteiger partial charge in [0.15, 0.2) is 5.78 Å². The zero-order chi connectivity index (χ0) is 21.0. The average molecular weight is 403 g/mol. The van der Waals surface area contributed by atoms with Gasteiger partial charge in [-0.25, -0.2) is 4.98 Å². The van der Waals surface area contributed by atoms with E-state index in [9.17, 15) is 4.79 Å². The van der Waals surface area contributed by atoms with E-state index in [0.29, 0.717) is 17.9 Å². The lowest BCUT2D eigenvalue weighted by Crippen LogP contribution is -2.36. The number of nitrogens with one attached hydrogen (secondary N) is 1. The van der Waals surface area contributed by atoms with Gasteiger partial charge >= 0.3 is 0 Å². The van der Waals surface area contributed by atoms with E-state index in [-0.39, 0.29) is 17.2 Å². The Balaban J connectivity index is 1.80. The molecule has 0 fully saturated rings. The minimum Gasteiger partial charge on any atom is -0.497 e. The van der Waals surface area contributed by atoms with Crippen LogP contribution in [0.5, 0.6) is 11.5 Å². The number of imidazole rings is 1. The largest absolute Gasteiger partial charge is 0.497 e. The highest BCUT2D eigenvalue weighted by atomic mass is 16.5. The molecular formula is C24H25N3O3. The predicted octanol–water partition coefficient (Wildman–Crippen LogP) is 4.71. The summed E-state index contributed by atoms with van der Waals surface area (Å²) in [7, 11) is 3.28. The second-order valence-electron chi connectivity index (χ2n) is 8.76. The molecular weight excluding hydrogens is 378 g/mol. The van der Waals surface area contributed by atoms with E-state index in [4.69, 9.17) is 14.5 Å². The van der Waals surface area contributed by atoms with Gasteiger partial charge in [0.1, 0.15) is 11.5 Å². The first kappa shape index (κ1) is 18.7. The number of allylic oxidation sites excluding steroid dienone is 2. The Labute approximate surface area is 175 Å². The number of rotatable bonds is 3. The minimum atomic E-state index is -0.312. The van der Waals surface area contributed by atoms with Crippen molar-refractivity contribution in [2.24, 2.45) is 5.41 Å². The molecule has 1 aliphatic heterocycles. The first-order chi connectivity index (χ1) is 14.4. The molecule has 2 heterocycles. The van der Waals surface area contributed by atoms with Gasteiger partial charge in [0.25, 0.3) is 0 Å². The van der Waals surface area contributed by atoms with Crippen LogP contribution in [0.3, 0.4) is 0 Å². The van der Waals surface area contributed by atoms with Crippen LogP contribution in [0.2, 0.25) is 0 Å². The van der Waals surface area contributed by atoms with Gasteiger partial charge in [-0.2, -0.15) is 0 Å². The Hall–Kier alpha value is -3.28. The van der Waals surface area contributed by atoms with Crippen LogP contribution < -0.4 is 14.8 Å². The molecule has 3 aromatic rings. The molecule has 0 saturated heterocycles. The fourth-order valence-corrected chi connectivity index (χ4v) is 4.76. The van der Waals surface area contributed by atoms with E-state index in [1.807, 2.05) is 42.5 Å². The lowest BCUT2D eigenvalue weighted by atomic mass is 9.73. The van der Waals surface area contributed by atoms with Crippen molar-refractivity contribution in [2.45, 2.75) is 32.7 Å². The molecule has 0 amide bonds. The number of anilines is 1. The maximum atomic E-state index is 13.4. The van der Waals surface area contributed by atoms with E-state index in [0.717, 1.165) is 40.2 Å². The number of hydrogen-bond acceptors (Lipinski definition) is 5. The summed E-state index contributed by atoms with van der Waals surface area (Å²) in [4.78, 5) is 18.2. The Morgan fingerprint density at radius 2 is 1.90 bits per heavy atom. The van der Waals surface area contributed by atoms with Crippen LogP contribution in [-0.2, 0) is 4.79 Å². The quantitative estimate of drug-likeness (QED) is 0.686. The van der Waals surface area contributed by atoms with Gasteiger partial charge in [-0.05, 0) is 36.1 Å². The molecule has 0 radical (unpaired) electrons. The third-order valence-electron chi connectivity index (χ3n) is 6.05. The van der Waals surface area contributed by atoms with Crippen LogP contribution in [0.25, 0.3) is 11.0 Å². The molecule has 0 spiro atoms. The van der Waals surface area contributed by atoms with Crippen molar-refractivity contribution in [3.63, 3.8) is 0 Å². The number of hydrogen-bond donors (Lipinski definition) is 1. The molecule has 0 bridgehead atoms. The SMILES string of the molecule is COc1ccc([C@H]2C3=C(CC(C)(C)CC3=O)Nc3nc4ccccc4n32)c(OC)c1. The maximum absolute atomic E-state index is 13.4. The molecule has 5 rings (SSSR count). The summed E-state index contributed by atoms with van der Waals surface area (Å²) in [5, 5.41) is 3.48. The Bertz CT molecular complexity index is 1210. The van der Waals surface area contributed by atoms with Gasteiger partial charge in [-0.1, -0.05) is 26.0 Å². The molecule has 1 atom stereocenters. The minimum absolute atomic E-state index is 0.0916. The summed E-state index contributed by atoms with van der Waals surface area (Å²) >= 11 is 0. The smallest absolute Gasteiger partial charge is 0.209 e. The number of carbonyl (C=O) groups is 1. The van der Waals surface area contributed by atoms with Crippen molar-refractivity contribution in [1.29, 1.82) is 0 Å². The molecule has 30 heavy (non-hydrogen) atoms. The number of para-hydroxylation sites is 2. The molecule has 0 saturated carbocycles. The van der Waals surface area contributed by atoms with Gasteiger partial charge < -0.3 is 14.8 Å². The number of nitrogens with zero attached hydrogens (tertiary/aromatic N) is 2. The number of fused-ring (bicyclic) bond motifs is 3. The van der Waals surface area contributed by atoms with Crippen molar-refractivity contribution in [3.8, 4) is 11.5 Å². The number of methoxy groups -OCH3 is 2. The molecule has 1 N–H and O–H groups in total. The second kappa shape index (κ2) is 6.62. The molecule has 1 aromatic heterocycles. The number of ketones is 1. The summed E-state index contributed by atoms with van der Waals surface area (Å²) in [6.45, 7) is 4.27. The van der Waals surface area contributed by atoms with Crippen LogP contribution in [0.1, 0.15) is 38.3 Å². The Morgan fingerprint density at radius 3 is 2.67 bits per heavy atom. The fraction of sp³-hybridized carbons (Fsp3) is 0.333. The first-order valence-corrected chi connectivity index (χ1v) is 10.1. The zero-order valence-electron chi connectivity index (χ0n) is 17.7. The Morgan fingerprint density at radius 1 is 1.10 bits per heavy atom. The van der Waals surface area contributed by atoms with Gasteiger partial charge in [0.2, 0.25) is 5.95 Å². The molecule has 154 valence electrons. The second-order valence-corrected chi connectivity index (χ2v) is 8.76. The van der Waals surface area contributed by atoms with Crippen LogP contribution in [-0.4, -0.2) is 29.6 Å². The van der Waals surface area contributed by atoms with E-state index in [1.165, 1.54) is 0 Å². The molecule has 0 unspecified atom stereocenters. The van der Waals surface area contributed by atoms with Crippen LogP contribution in [0, 0.1) is 5.41 Å². The van der Waals surface area contributed by atoms with E-state index < -0.39 is 0 Å². The van der Waals surface area contributed by atoms with Gasteiger partial charge in [-0.15, -0.1) is 0 Å². The van der Waals surface area contributed by atoms with E-state index in [2.05, 4.69) is 23.7 Å². The van der Waals surface area contributed by atoms with Gasteiger partial charge in [0, 0.05) is 29.3 Å². The first-order valence-electron chi connectivity index (χ1n) is 10.1. The molecule has 2 aromatic carbocycles. The summed E-state index contributed by atoms with van der Waals surface area (Å²) in [6.07, 6.45) is 1.32. The number of ether oxygens (including phenoxy) is 2. The van der Waals surface area contributed by atoms with Gasteiger partial charge in [0.05, 0.1) is 31.3 Å². The number of carbonyl (C=O) groups excluding carboxylic acids is 1. The summed E-state index contributed by atoms with van der Waals surface area (Å²) in [5.41, 5.74) is 4.46. The van der Waals surface area contributed by atoms with E-state index in [1.54, 1.807) is 14.2 Å². The highest BCUT2D eigenvalue weighted by Crippen LogP contribution is 2.48. The lowest BCUT2D eigenvalue weighted by molar-refractivity contribution is -0.118. The van der Waals surface area contributed by atoms with Crippen molar-refractivity contribution in [1.82, 2.24) is 9.55 Å². The number of benzene rings is 2. The maximum Gasteiger partial charge on any atom is 0.209 e. The van der Waals surface area contributed by atoms with Crippen molar-refractivity contribution in [3.05, 3.63) is 59.3 Å². The lowest BCUT2D eigenvalue weighted by Gasteiger charge is -2.39. The normalized spacial score (nSPS) is 19.9. The van der Waals surface area contributed by atoms with E-state index >= 15 is 0 Å². The highest BCUT2D eigenvalue weighted by molar-refractivity contribution is 6.01. The summed E-state index contributed by atoms with van der Waals surface area (Å²) < 4.78 is 13.2. The standard InChI is InChI=1S/C24H25N3O3/c1-24(2)12-17-21(19(28)13-24)22(15-10-9-14(29-3)11-20(15)30-4)27-18-8-6-5-7-16(18)25-23(27)26-17/h5-11,22H,12-13H2,1-4H3,(H,25,26)/t22-/m0/s1. The molecule has 6 heteroatoms. The van der Waals surface area contributed by atoms with Crippen molar-refractivity contribution < 1.29 is 14.3 Å². The third kappa shape index (κ3) is 2.78. The Kier molecular flexibility index (Phi) is 4.13. The highest BCUT2D eigenvalue weighted by Gasteiger charge is 2.42. The molecule has 2 aliphatic rings. The average Bonchev–Trinajstić information content (AvgIpc) is 3.08. The van der Waals surface area contributed by atoms with Crippen LogP contribution in [0.4, 0.5) is 5.95 Å². The van der Waals surface area contributed by atoms with Crippen LogP contribution in [0.15, 0.2) is 53.7 Å². The van der Waals surface area contributed by atoms with Crippen molar-refractivity contribution >= 4 is 22.8 Å². The summed E-state index contributed by atoms with van der Waals surface area (Å²) in [6, 6.07) is 13.5. The van der Waals surface area contributed by atoms with Crippen molar-refractivity contribution in [2.75, 3.05) is 19.5 Å². The molecule has 1 aliphatic carbocycles. The third-order valence-corrected chi connectivity index (χ3v) is 6.05. The molecule has 6 nitrogen and oxygen atoms in total. The monoisotopic (exact) mass is 403 g/mol. The fourth-order valence-electron chi connectivity index (χ4n) is 4.76. The van der Waals surface area contributed by atoms with Gasteiger partial charge in [-0.3, -0.25) is 9.36 Å². The summed E-state index contributed by atoms with van der Waals surface area (Å²) in [5.74, 6) is 2.32. The predicted molar refractivity (Wildman–Crippen MR) is 116 cm³/mol. The topological polar surface area (TPSA) is 65.4 Å². The van der Waals surface area contributed by atoms with Crippen LogP contribution >= 0.6 is 0 Å². The number of aromatic nitrogens is 2. The number of Topliss-reactive ketones (excluding diaryl/α,β-unsaturated/α-hetero) is 1. The zero-order valence-corrected chi connectivity index (χ0v) is 17.7.